The Hall–Kier alpha value is -3.42. The molecule has 1 unspecified atom stereocenters. The molecule has 8 nitrogen and oxygen atoms in total. The number of hydrogen-bond donors (Lipinski definition) is 2. The molecule has 0 aliphatic heterocycles. The summed E-state index contributed by atoms with van der Waals surface area (Å²) in [7, 11) is 1.62. The van der Waals surface area contributed by atoms with E-state index in [1.165, 1.54) is 6.33 Å². The standard InChI is InChI=1S/C18H20N6O2/c1-13(16-5-3-4-6-17(16)26-2)21-18(25)11-19-14-7-9-15(10-8-14)24-12-20-22-23-24/h3-10,12-13,19H,11H2,1-2H3,(H,21,25). The summed E-state index contributed by atoms with van der Waals surface area (Å²) in [6.07, 6.45) is 1.52. The Bertz CT molecular complexity index is 848. The van der Waals surface area contributed by atoms with Crippen LogP contribution in [0, 0.1) is 0 Å². The van der Waals surface area contributed by atoms with Crippen LogP contribution >= 0.6 is 0 Å². The van der Waals surface area contributed by atoms with Gasteiger partial charge in [0.25, 0.3) is 0 Å². The van der Waals surface area contributed by atoms with Crippen LogP contribution in [0.2, 0.25) is 0 Å². The molecule has 26 heavy (non-hydrogen) atoms. The molecular weight excluding hydrogens is 332 g/mol. The maximum atomic E-state index is 12.2. The first-order valence-electron chi connectivity index (χ1n) is 8.17. The number of rotatable bonds is 7. The molecule has 0 aliphatic rings. The normalized spacial score (nSPS) is 11.6. The highest BCUT2D eigenvalue weighted by Gasteiger charge is 2.13. The fourth-order valence-electron chi connectivity index (χ4n) is 2.59. The van der Waals surface area contributed by atoms with Crippen LogP contribution in [0.15, 0.2) is 54.9 Å². The molecule has 0 aliphatic carbocycles. The number of ether oxygens (including phenoxy) is 1. The van der Waals surface area contributed by atoms with E-state index in [0.717, 1.165) is 22.7 Å². The van der Waals surface area contributed by atoms with Crippen molar-refractivity contribution in [2.45, 2.75) is 13.0 Å². The van der Waals surface area contributed by atoms with E-state index in [1.54, 1.807) is 11.8 Å². The Morgan fingerprint density at radius 3 is 2.65 bits per heavy atom. The average molecular weight is 352 g/mol. The molecule has 0 spiro atoms. The van der Waals surface area contributed by atoms with Crippen LogP contribution in [-0.4, -0.2) is 39.8 Å². The van der Waals surface area contributed by atoms with Gasteiger partial charge in [0, 0.05) is 11.3 Å². The number of aromatic nitrogens is 4. The SMILES string of the molecule is COc1ccccc1C(C)NC(=O)CNc1ccc(-n2cnnn2)cc1. The molecule has 0 radical (unpaired) electrons. The predicted octanol–water partition coefficient (Wildman–Crippen LogP) is 1.96. The molecule has 1 heterocycles. The molecule has 1 atom stereocenters. The monoisotopic (exact) mass is 352 g/mol. The lowest BCUT2D eigenvalue weighted by atomic mass is 10.1. The Labute approximate surface area is 151 Å². The van der Waals surface area contributed by atoms with Crippen LogP contribution in [0.3, 0.4) is 0 Å². The third-order valence-electron chi connectivity index (χ3n) is 3.92. The van der Waals surface area contributed by atoms with E-state index in [-0.39, 0.29) is 18.5 Å². The average Bonchev–Trinajstić information content (AvgIpc) is 3.21. The molecule has 0 bridgehead atoms. The van der Waals surface area contributed by atoms with E-state index in [4.69, 9.17) is 4.74 Å². The number of para-hydroxylation sites is 1. The Kier molecular flexibility index (Phi) is 5.43. The van der Waals surface area contributed by atoms with Gasteiger partial charge in [0.2, 0.25) is 5.91 Å². The number of tetrazole rings is 1. The molecule has 0 saturated heterocycles. The van der Waals surface area contributed by atoms with Crippen molar-refractivity contribution in [2.24, 2.45) is 0 Å². The number of amides is 1. The lowest BCUT2D eigenvalue weighted by Gasteiger charge is -2.17. The van der Waals surface area contributed by atoms with Crippen molar-refractivity contribution in [3.8, 4) is 11.4 Å². The highest BCUT2D eigenvalue weighted by atomic mass is 16.5. The number of carbonyl (C=O) groups excluding carboxylic acids is 1. The number of anilines is 1. The maximum Gasteiger partial charge on any atom is 0.239 e. The molecule has 8 heteroatoms. The van der Waals surface area contributed by atoms with Gasteiger partial charge in [-0.1, -0.05) is 18.2 Å². The van der Waals surface area contributed by atoms with Crippen molar-refractivity contribution in [3.05, 3.63) is 60.4 Å². The number of carbonyl (C=O) groups is 1. The summed E-state index contributed by atoms with van der Waals surface area (Å²) in [6.45, 7) is 2.10. The number of benzene rings is 2. The quantitative estimate of drug-likeness (QED) is 0.675. The van der Waals surface area contributed by atoms with Crippen molar-refractivity contribution in [1.82, 2.24) is 25.5 Å². The van der Waals surface area contributed by atoms with E-state index in [0.29, 0.717) is 0 Å². The zero-order valence-corrected chi connectivity index (χ0v) is 14.6. The molecule has 2 N–H and O–H groups in total. The second kappa shape index (κ2) is 8.11. The summed E-state index contributed by atoms with van der Waals surface area (Å²) in [5.74, 6) is 0.652. The van der Waals surface area contributed by atoms with Crippen molar-refractivity contribution in [2.75, 3.05) is 19.0 Å². The van der Waals surface area contributed by atoms with Crippen LogP contribution in [0.25, 0.3) is 5.69 Å². The van der Waals surface area contributed by atoms with Crippen molar-refractivity contribution < 1.29 is 9.53 Å². The minimum atomic E-state index is -0.150. The Morgan fingerprint density at radius 1 is 1.19 bits per heavy atom. The first kappa shape index (κ1) is 17.4. The first-order chi connectivity index (χ1) is 12.7. The molecule has 0 saturated carbocycles. The number of methoxy groups -OCH3 is 1. The molecule has 1 amide bonds. The van der Waals surface area contributed by atoms with E-state index in [1.807, 2.05) is 55.5 Å². The van der Waals surface area contributed by atoms with E-state index in [2.05, 4.69) is 26.2 Å². The van der Waals surface area contributed by atoms with Crippen molar-refractivity contribution >= 4 is 11.6 Å². The van der Waals surface area contributed by atoms with Crippen molar-refractivity contribution in [3.63, 3.8) is 0 Å². The van der Waals surface area contributed by atoms with Crippen LogP contribution in [0.5, 0.6) is 5.75 Å². The number of hydrogen-bond acceptors (Lipinski definition) is 6. The van der Waals surface area contributed by atoms with Crippen LogP contribution in [0.4, 0.5) is 5.69 Å². The van der Waals surface area contributed by atoms with Gasteiger partial charge >= 0.3 is 0 Å². The summed E-state index contributed by atoms with van der Waals surface area (Å²) in [4.78, 5) is 12.2. The molecule has 134 valence electrons. The third-order valence-corrected chi connectivity index (χ3v) is 3.92. The van der Waals surface area contributed by atoms with Gasteiger partial charge in [-0.25, -0.2) is 4.68 Å². The summed E-state index contributed by atoms with van der Waals surface area (Å²) in [5.41, 5.74) is 2.62. The lowest BCUT2D eigenvalue weighted by Crippen LogP contribution is -2.32. The van der Waals surface area contributed by atoms with Gasteiger partial charge in [0.05, 0.1) is 25.4 Å². The van der Waals surface area contributed by atoms with Crippen molar-refractivity contribution in [1.29, 1.82) is 0 Å². The molecule has 0 fully saturated rings. The lowest BCUT2D eigenvalue weighted by molar-refractivity contribution is -0.120. The van der Waals surface area contributed by atoms with Crippen LogP contribution < -0.4 is 15.4 Å². The Balaban J connectivity index is 1.54. The van der Waals surface area contributed by atoms with Gasteiger partial charge in [-0.2, -0.15) is 0 Å². The molecule has 2 aromatic carbocycles. The van der Waals surface area contributed by atoms with Gasteiger partial charge in [-0.15, -0.1) is 5.10 Å². The summed E-state index contributed by atoms with van der Waals surface area (Å²) in [5, 5.41) is 17.1. The summed E-state index contributed by atoms with van der Waals surface area (Å²) in [6, 6.07) is 15.0. The van der Waals surface area contributed by atoms with E-state index < -0.39 is 0 Å². The van der Waals surface area contributed by atoms with E-state index in [9.17, 15) is 4.79 Å². The van der Waals surface area contributed by atoms with Crippen LogP contribution in [0.1, 0.15) is 18.5 Å². The second-order valence-corrected chi connectivity index (χ2v) is 5.69. The first-order valence-corrected chi connectivity index (χ1v) is 8.17. The third kappa shape index (κ3) is 4.15. The van der Waals surface area contributed by atoms with Gasteiger partial charge in [-0.05, 0) is 47.7 Å². The van der Waals surface area contributed by atoms with Crippen LogP contribution in [-0.2, 0) is 4.79 Å². The van der Waals surface area contributed by atoms with Gasteiger partial charge in [0.1, 0.15) is 12.1 Å². The second-order valence-electron chi connectivity index (χ2n) is 5.69. The largest absolute Gasteiger partial charge is 0.496 e. The predicted molar refractivity (Wildman–Crippen MR) is 97.2 cm³/mol. The summed E-state index contributed by atoms with van der Waals surface area (Å²) >= 11 is 0. The topological polar surface area (TPSA) is 94.0 Å². The van der Waals surface area contributed by atoms with Gasteiger partial charge < -0.3 is 15.4 Å². The zero-order chi connectivity index (χ0) is 18.4. The van der Waals surface area contributed by atoms with Gasteiger partial charge in [0.15, 0.2) is 0 Å². The van der Waals surface area contributed by atoms with Gasteiger partial charge in [-0.3, -0.25) is 4.79 Å². The fraction of sp³-hybridized carbons (Fsp3) is 0.222. The summed E-state index contributed by atoms with van der Waals surface area (Å²) < 4.78 is 6.90. The number of nitrogens with one attached hydrogen (secondary N) is 2. The molecule has 3 aromatic rings. The highest BCUT2D eigenvalue weighted by Crippen LogP contribution is 2.24. The maximum absolute atomic E-state index is 12.2. The smallest absolute Gasteiger partial charge is 0.239 e. The number of nitrogens with zero attached hydrogens (tertiary/aromatic N) is 4. The fourth-order valence-corrected chi connectivity index (χ4v) is 2.59. The molecule has 1 aromatic heterocycles. The molecular formula is C18H20N6O2. The minimum Gasteiger partial charge on any atom is -0.496 e. The molecule has 3 rings (SSSR count). The Morgan fingerprint density at radius 2 is 1.96 bits per heavy atom. The van der Waals surface area contributed by atoms with E-state index >= 15 is 0 Å². The minimum absolute atomic E-state index is 0.104. The zero-order valence-electron chi connectivity index (χ0n) is 14.6. The highest BCUT2D eigenvalue weighted by molar-refractivity contribution is 5.81.